The van der Waals surface area contributed by atoms with Gasteiger partial charge in [0, 0.05) is 19.6 Å². The fourth-order valence-corrected chi connectivity index (χ4v) is 0.760. The van der Waals surface area contributed by atoms with Crippen LogP contribution in [0.1, 0.15) is 41.5 Å². The van der Waals surface area contributed by atoms with Crippen molar-refractivity contribution in [2.75, 3.05) is 39.5 Å². The number of hydrogen-bond acceptors (Lipinski definition) is 7. The Hall–Kier alpha value is 0.434. The van der Waals surface area contributed by atoms with Crippen LogP contribution in [0.3, 0.4) is 0 Å². The third-order valence-corrected chi connectivity index (χ3v) is 1.25. The van der Waals surface area contributed by atoms with Crippen molar-refractivity contribution in [2.24, 2.45) is 0 Å². The second-order valence-corrected chi connectivity index (χ2v) is 5.16. The molecule has 0 spiro atoms. The molecule has 0 aromatic heterocycles. The fourth-order valence-electron chi connectivity index (χ4n) is 0.760. The molecule has 0 heterocycles. The predicted octanol–water partition coefficient (Wildman–Crippen LogP) is -2.47. The summed E-state index contributed by atoms with van der Waals surface area (Å²) in [6, 6.07) is 0. The second kappa shape index (κ2) is 30.3. The largest absolute Gasteiger partial charge is 3.00 e. The van der Waals surface area contributed by atoms with Crippen molar-refractivity contribution in [1.82, 2.24) is 4.90 Å². The molecule has 7 nitrogen and oxygen atoms in total. The van der Waals surface area contributed by atoms with Gasteiger partial charge in [0.15, 0.2) is 0 Å². The van der Waals surface area contributed by atoms with E-state index in [2.05, 4.69) is 0 Å². The van der Waals surface area contributed by atoms with Gasteiger partial charge in [0.2, 0.25) is 0 Å². The minimum atomic E-state index is -0.417. The van der Waals surface area contributed by atoms with Gasteiger partial charge in [0.1, 0.15) is 0 Å². The van der Waals surface area contributed by atoms with E-state index < -0.39 is 18.3 Å². The van der Waals surface area contributed by atoms with E-state index in [4.69, 9.17) is 15.3 Å². The molecule has 0 amide bonds. The maximum atomic E-state index is 9.53. The standard InChI is InChI=1S/C6H15NO3.3C3H7O.Ti/c8-4-1-7(2-5-9)3-6-10;3*1-3(2)4;/h8-10H,1-6H2;3*3H,1-2H3;/q;3*-1;+3. The van der Waals surface area contributed by atoms with Crippen LogP contribution in [-0.2, 0) is 21.7 Å². The average molecular weight is 374 g/mol. The number of hydrogen-bond donors (Lipinski definition) is 3. The topological polar surface area (TPSA) is 133 Å². The van der Waals surface area contributed by atoms with E-state index in [0.717, 1.165) is 0 Å². The molecule has 0 aromatic rings. The summed E-state index contributed by atoms with van der Waals surface area (Å²) in [6.45, 7) is 11.4. The van der Waals surface area contributed by atoms with Gasteiger partial charge in [-0.25, -0.2) is 0 Å². The maximum absolute atomic E-state index is 9.53. The van der Waals surface area contributed by atoms with E-state index in [1.807, 2.05) is 0 Å². The van der Waals surface area contributed by atoms with Gasteiger partial charge in [-0.2, -0.15) is 0 Å². The van der Waals surface area contributed by atoms with E-state index in [0.29, 0.717) is 19.6 Å². The van der Waals surface area contributed by atoms with Crippen LogP contribution in [0.25, 0.3) is 0 Å². The van der Waals surface area contributed by atoms with Crippen LogP contribution >= 0.6 is 0 Å². The molecule has 141 valence electrons. The van der Waals surface area contributed by atoms with Crippen molar-refractivity contribution in [1.29, 1.82) is 0 Å². The first-order valence-electron chi connectivity index (χ1n) is 7.57. The SMILES string of the molecule is CC(C)[O-].CC(C)[O-].CC(C)[O-].OCCN(CCO)CCO.[Ti+3]. The van der Waals surface area contributed by atoms with Crippen LogP contribution in [0, 0.1) is 0 Å². The summed E-state index contributed by atoms with van der Waals surface area (Å²) in [6.07, 6.45) is -1.25. The minimum absolute atomic E-state index is 0. The van der Waals surface area contributed by atoms with Crippen molar-refractivity contribution < 1.29 is 52.4 Å². The molecule has 0 aliphatic rings. The van der Waals surface area contributed by atoms with Crippen LogP contribution in [-0.4, -0.2) is 78.0 Å². The summed E-state index contributed by atoms with van der Waals surface area (Å²) >= 11 is 0. The third-order valence-electron chi connectivity index (χ3n) is 1.25. The number of aliphatic hydroxyl groups is 3. The zero-order valence-electron chi connectivity index (χ0n) is 15.5. The van der Waals surface area contributed by atoms with Gasteiger partial charge in [0.05, 0.1) is 19.8 Å². The molecule has 0 rings (SSSR count). The third kappa shape index (κ3) is 105. The summed E-state index contributed by atoms with van der Waals surface area (Å²) in [5.74, 6) is 0. The van der Waals surface area contributed by atoms with E-state index in [1.165, 1.54) is 0 Å². The van der Waals surface area contributed by atoms with Crippen LogP contribution in [0.2, 0.25) is 0 Å². The molecule has 0 saturated carbocycles. The van der Waals surface area contributed by atoms with Gasteiger partial charge in [-0.05, 0) is 0 Å². The normalized spacial score (nSPS) is 9.39. The Morgan fingerprint density at radius 1 is 0.609 bits per heavy atom. The first-order valence-corrected chi connectivity index (χ1v) is 7.57. The Labute approximate surface area is 156 Å². The minimum Gasteiger partial charge on any atom is -0.852 e. The number of rotatable bonds is 6. The van der Waals surface area contributed by atoms with E-state index in [-0.39, 0.29) is 41.5 Å². The molecule has 0 aromatic carbocycles. The van der Waals surface area contributed by atoms with Crippen LogP contribution in [0.5, 0.6) is 0 Å². The first-order chi connectivity index (χ1) is 10.0. The molecule has 0 saturated heterocycles. The molecule has 0 unspecified atom stereocenters. The van der Waals surface area contributed by atoms with Gasteiger partial charge in [-0.3, -0.25) is 4.90 Å². The Balaban J connectivity index is -0.0000000700. The zero-order valence-corrected chi connectivity index (χ0v) is 17.0. The summed E-state index contributed by atoms with van der Waals surface area (Å²) in [7, 11) is 0. The summed E-state index contributed by atoms with van der Waals surface area (Å²) in [5, 5.41) is 54.0. The quantitative estimate of drug-likeness (QED) is 0.439. The van der Waals surface area contributed by atoms with E-state index in [1.54, 1.807) is 46.4 Å². The fraction of sp³-hybridized carbons (Fsp3) is 1.00. The smallest absolute Gasteiger partial charge is 0.852 e. The number of aliphatic hydroxyl groups excluding tert-OH is 3. The Bertz CT molecular complexity index is 137. The van der Waals surface area contributed by atoms with Crippen LogP contribution < -0.4 is 15.3 Å². The summed E-state index contributed by atoms with van der Waals surface area (Å²) in [4.78, 5) is 1.79. The van der Waals surface area contributed by atoms with Gasteiger partial charge in [0.25, 0.3) is 0 Å². The van der Waals surface area contributed by atoms with Gasteiger partial charge >= 0.3 is 21.7 Å². The monoisotopic (exact) mass is 374 g/mol. The van der Waals surface area contributed by atoms with E-state index >= 15 is 0 Å². The molecule has 0 bridgehead atoms. The van der Waals surface area contributed by atoms with Crippen molar-refractivity contribution in [2.45, 2.75) is 59.9 Å². The molecule has 0 aliphatic heterocycles. The molecular formula is C15H36NO6Ti. The molecule has 8 heteroatoms. The van der Waals surface area contributed by atoms with Crippen molar-refractivity contribution in [3.63, 3.8) is 0 Å². The Morgan fingerprint density at radius 3 is 0.826 bits per heavy atom. The van der Waals surface area contributed by atoms with Crippen LogP contribution in [0.4, 0.5) is 0 Å². The Kier molecular flexibility index (Phi) is 45.8. The second-order valence-electron chi connectivity index (χ2n) is 5.16. The predicted molar refractivity (Wildman–Crippen MR) is 83.1 cm³/mol. The first kappa shape index (κ1) is 34.7. The average Bonchev–Trinajstić information content (AvgIpc) is 2.27. The number of nitrogens with zero attached hydrogens (tertiary/aromatic N) is 1. The molecule has 0 atom stereocenters. The van der Waals surface area contributed by atoms with Crippen molar-refractivity contribution >= 4 is 0 Å². The van der Waals surface area contributed by atoms with Crippen molar-refractivity contribution in [3.8, 4) is 0 Å². The molecule has 0 fully saturated rings. The Morgan fingerprint density at radius 2 is 0.739 bits per heavy atom. The molecule has 0 aliphatic carbocycles. The maximum Gasteiger partial charge on any atom is 3.00 e. The van der Waals surface area contributed by atoms with Crippen molar-refractivity contribution in [3.05, 3.63) is 0 Å². The summed E-state index contributed by atoms with van der Waals surface area (Å²) in [5.41, 5.74) is 0. The molecular weight excluding hydrogens is 338 g/mol. The van der Waals surface area contributed by atoms with Crippen LogP contribution in [0.15, 0.2) is 0 Å². The molecule has 23 heavy (non-hydrogen) atoms. The van der Waals surface area contributed by atoms with Gasteiger partial charge < -0.3 is 30.6 Å². The van der Waals surface area contributed by atoms with Gasteiger partial charge in [-0.1, -0.05) is 41.5 Å². The summed E-state index contributed by atoms with van der Waals surface area (Å²) < 4.78 is 0. The zero-order chi connectivity index (χ0) is 18.6. The molecule has 3 N–H and O–H groups in total. The van der Waals surface area contributed by atoms with Gasteiger partial charge in [-0.15, -0.1) is 18.3 Å². The molecule has 1 radical (unpaired) electrons. The van der Waals surface area contributed by atoms with E-state index in [9.17, 15) is 15.3 Å².